The van der Waals surface area contributed by atoms with Crippen LogP contribution in [-0.2, 0) is 6.42 Å². The molecule has 2 nitrogen and oxygen atoms in total. The SMILES string of the molecule is CCCC1CCC(c2cc(Cc3ccc(OCC)c(F)c3F)c(O)c(F)c2F)CC1. The van der Waals surface area contributed by atoms with Crippen molar-refractivity contribution in [3.8, 4) is 11.5 Å². The largest absolute Gasteiger partial charge is 0.505 e. The molecule has 0 amide bonds. The highest BCUT2D eigenvalue weighted by Gasteiger charge is 2.28. The number of hydrogen-bond acceptors (Lipinski definition) is 2. The molecule has 0 atom stereocenters. The summed E-state index contributed by atoms with van der Waals surface area (Å²) in [5, 5.41) is 10.1. The molecule has 3 rings (SSSR count). The molecule has 1 aliphatic rings. The Morgan fingerprint density at radius 1 is 0.900 bits per heavy atom. The van der Waals surface area contributed by atoms with Gasteiger partial charge in [-0.1, -0.05) is 25.8 Å². The average molecular weight is 424 g/mol. The standard InChI is InChI=1S/C24H28F4O2/c1-3-5-14-6-8-15(9-7-14)18-13-17(24(29)23(28)21(18)26)12-16-10-11-19(30-4-2)22(27)20(16)25/h10-11,13-15,29H,3-9,12H2,1-2H3. The summed E-state index contributed by atoms with van der Waals surface area (Å²) in [6, 6.07) is 4.04. The van der Waals surface area contributed by atoms with Gasteiger partial charge in [0.05, 0.1) is 6.61 Å². The smallest absolute Gasteiger partial charge is 0.200 e. The number of benzene rings is 2. The highest BCUT2D eigenvalue weighted by molar-refractivity contribution is 5.44. The summed E-state index contributed by atoms with van der Waals surface area (Å²) >= 11 is 0. The number of hydrogen-bond donors (Lipinski definition) is 1. The van der Waals surface area contributed by atoms with Crippen LogP contribution in [0.3, 0.4) is 0 Å². The molecule has 30 heavy (non-hydrogen) atoms. The van der Waals surface area contributed by atoms with E-state index in [1.807, 2.05) is 0 Å². The van der Waals surface area contributed by atoms with E-state index >= 15 is 0 Å². The number of phenolic OH excluding ortho intramolecular Hbond substituents is 1. The molecule has 1 N–H and O–H groups in total. The molecule has 1 saturated carbocycles. The van der Waals surface area contributed by atoms with Gasteiger partial charge < -0.3 is 9.84 Å². The van der Waals surface area contributed by atoms with Crippen molar-refractivity contribution < 1.29 is 27.4 Å². The van der Waals surface area contributed by atoms with Crippen molar-refractivity contribution >= 4 is 0 Å². The lowest BCUT2D eigenvalue weighted by molar-refractivity contribution is 0.301. The van der Waals surface area contributed by atoms with E-state index in [0.29, 0.717) is 5.92 Å². The first-order valence-electron chi connectivity index (χ1n) is 10.7. The summed E-state index contributed by atoms with van der Waals surface area (Å²) in [5.74, 6) is -5.23. The monoisotopic (exact) mass is 424 g/mol. The van der Waals surface area contributed by atoms with Crippen molar-refractivity contribution in [2.24, 2.45) is 5.92 Å². The maximum absolute atomic E-state index is 14.6. The second-order valence-corrected chi connectivity index (χ2v) is 8.07. The minimum absolute atomic E-state index is 0.0436. The van der Waals surface area contributed by atoms with Crippen LogP contribution in [0.15, 0.2) is 18.2 Å². The Morgan fingerprint density at radius 2 is 1.60 bits per heavy atom. The molecule has 0 radical (unpaired) electrons. The zero-order valence-electron chi connectivity index (χ0n) is 17.4. The van der Waals surface area contributed by atoms with Gasteiger partial charge in [-0.2, -0.15) is 8.78 Å². The Hall–Kier alpha value is -2.24. The van der Waals surface area contributed by atoms with Crippen molar-refractivity contribution in [2.45, 2.75) is 64.7 Å². The fourth-order valence-electron chi connectivity index (χ4n) is 4.47. The highest BCUT2D eigenvalue weighted by atomic mass is 19.2. The molecular formula is C24H28F4O2. The Kier molecular flexibility index (Phi) is 7.27. The number of ether oxygens (including phenoxy) is 1. The number of rotatable bonds is 7. The van der Waals surface area contributed by atoms with Crippen LogP contribution in [0.5, 0.6) is 11.5 Å². The Balaban J connectivity index is 1.89. The summed E-state index contributed by atoms with van der Waals surface area (Å²) in [4.78, 5) is 0. The zero-order valence-corrected chi connectivity index (χ0v) is 17.4. The number of halogens is 4. The van der Waals surface area contributed by atoms with Gasteiger partial charge in [-0.15, -0.1) is 0 Å². The van der Waals surface area contributed by atoms with Crippen molar-refractivity contribution in [3.05, 3.63) is 58.2 Å². The second-order valence-electron chi connectivity index (χ2n) is 8.07. The van der Waals surface area contributed by atoms with Crippen LogP contribution in [0, 0.1) is 29.2 Å². The lowest BCUT2D eigenvalue weighted by Crippen LogP contribution is -2.15. The molecule has 164 valence electrons. The van der Waals surface area contributed by atoms with Crippen LogP contribution < -0.4 is 4.74 Å². The molecule has 1 fully saturated rings. The fraction of sp³-hybridized carbons (Fsp3) is 0.500. The molecule has 6 heteroatoms. The van der Waals surface area contributed by atoms with Gasteiger partial charge in [0, 0.05) is 12.0 Å². The van der Waals surface area contributed by atoms with E-state index in [0.717, 1.165) is 38.5 Å². The van der Waals surface area contributed by atoms with Gasteiger partial charge in [-0.3, -0.25) is 0 Å². The fourth-order valence-corrected chi connectivity index (χ4v) is 4.47. The lowest BCUT2D eigenvalue weighted by atomic mass is 9.76. The topological polar surface area (TPSA) is 29.5 Å². The third kappa shape index (κ3) is 4.57. The molecule has 0 saturated heterocycles. The van der Waals surface area contributed by atoms with E-state index in [-0.39, 0.29) is 41.4 Å². The van der Waals surface area contributed by atoms with E-state index in [1.54, 1.807) is 6.92 Å². The highest BCUT2D eigenvalue weighted by Crippen LogP contribution is 2.41. The van der Waals surface area contributed by atoms with Crippen LogP contribution in [0.4, 0.5) is 17.6 Å². The van der Waals surface area contributed by atoms with Crippen LogP contribution in [0.25, 0.3) is 0 Å². The Bertz CT molecular complexity index is 890. The van der Waals surface area contributed by atoms with Gasteiger partial charge in [-0.05, 0) is 67.7 Å². The molecule has 0 heterocycles. The van der Waals surface area contributed by atoms with Gasteiger partial charge in [0.25, 0.3) is 0 Å². The summed E-state index contributed by atoms with van der Waals surface area (Å²) in [7, 11) is 0. The van der Waals surface area contributed by atoms with Gasteiger partial charge in [0.1, 0.15) is 0 Å². The van der Waals surface area contributed by atoms with Crippen LogP contribution in [-0.4, -0.2) is 11.7 Å². The van der Waals surface area contributed by atoms with Gasteiger partial charge in [0.2, 0.25) is 11.6 Å². The Morgan fingerprint density at radius 3 is 2.23 bits per heavy atom. The molecule has 0 aliphatic heterocycles. The molecule has 0 aromatic heterocycles. The predicted molar refractivity (Wildman–Crippen MR) is 108 cm³/mol. The Labute approximate surface area is 174 Å². The number of aromatic hydroxyl groups is 1. The van der Waals surface area contributed by atoms with Crippen LogP contribution >= 0.6 is 0 Å². The van der Waals surface area contributed by atoms with Crippen molar-refractivity contribution in [3.63, 3.8) is 0 Å². The third-order valence-corrected chi connectivity index (χ3v) is 6.08. The van der Waals surface area contributed by atoms with Crippen molar-refractivity contribution in [1.29, 1.82) is 0 Å². The normalized spacial score (nSPS) is 19.1. The summed E-state index contributed by atoms with van der Waals surface area (Å²) in [5.41, 5.74) is 0.193. The van der Waals surface area contributed by atoms with E-state index in [2.05, 4.69) is 6.92 Å². The molecule has 2 aromatic carbocycles. The number of phenols is 1. The lowest BCUT2D eigenvalue weighted by Gasteiger charge is -2.29. The van der Waals surface area contributed by atoms with Gasteiger partial charge in [-0.25, -0.2) is 8.78 Å². The summed E-state index contributed by atoms with van der Waals surface area (Å²) in [6.45, 7) is 3.97. The van der Waals surface area contributed by atoms with E-state index in [4.69, 9.17) is 4.74 Å². The van der Waals surface area contributed by atoms with E-state index < -0.39 is 29.0 Å². The summed E-state index contributed by atoms with van der Waals surface area (Å²) < 4.78 is 62.7. The first kappa shape index (κ1) is 22.4. The van der Waals surface area contributed by atoms with Crippen molar-refractivity contribution in [1.82, 2.24) is 0 Å². The maximum atomic E-state index is 14.6. The minimum Gasteiger partial charge on any atom is -0.505 e. The average Bonchev–Trinajstić information content (AvgIpc) is 2.74. The van der Waals surface area contributed by atoms with Crippen LogP contribution in [0.1, 0.15) is 75.0 Å². The van der Waals surface area contributed by atoms with Crippen LogP contribution in [0.2, 0.25) is 0 Å². The molecular weight excluding hydrogens is 396 g/mol. The third-order valence-electron chi connectivity index (χ3n) is 6.08. The summed E-state index contributed by atoms with van der Waals surface area (Å²) in [6.07, 6.45) is 5.38. The first-order chi connectivity index (χ1) is 14.4. The molecule has 0 spiro atoms. The first-order valence-corrected chi connectivity index (χ1v) is 10.7. The van der Waals surface area contributed by atoms with E-state index in [1.165, 1.54) is 18.2 Å². The predicted octanol–water partition coefficient (Wildman–Crippen LogP) is 7.01. The molecule has 2 aromatic rings. The van der Waals surface area contributed by atoms with Gasteiger partial charge >= 0.3 is 0 Å². The second kappa shape index (κ2) is 9.71. The molecule has 1 aliphatic carbocycles. The molecule has 0 bridgehead atoms. The zero-order chi connectivity index (χ0) is 21.8. The molecule has 0 unspecified atom stereocenters. The minimum atomic E-state index is -1.33. The van der Waals surface area contributed by atoms with Crippen molar-refractivity contribution in [2.75, 3.05) is 6.61 Å². The van der Waals surface area contributed by atoms with Gasteiger partial charge in [0.15, 0.2) is 23.1 Å². The van der Waals surface area contributed by atoms with E-state index in [9.17, 15) is 22.7 Å². The maximum Gasteiger partial charge on any atom is 0.200 e. The quantitative estimate of drug-likeness (QED) is 0.484.